The SMILES string of the molecule is CCc1cc(Oc2ccc(C(C)O)c(Cl)c2)ccc1Cl. The minimum absolute atomic E-state index is 0.488. The van der Waals surface area contributed by atoms with Gasteiger partial charge in [-0.3, -0.25) is 0 Å². The normalized spacial score (nSPS) is 12.2. The number of aliphatic hydroxyl groups is 1. The molecular weight excluding hydrogens is 295 g/mol. The third-order valence-electron chi connectivity index (χ3n) is 3.06. The predicted octanol–water partition coefficient (Wildman–Crippen LogP) is 5.40. The maximum absolute atomic E-state index is 9.54. The van der Waals surface area contributed by atoms with Crippen molar-refractivity contribution in [2.45, 2.75) is 26.4 Å². The molecule has 0 amide bonds. The summed E-state index contributed by atoms with van der Waals surface area (Å²) < 4.78 is 5.77. The topological polar surface area (TPSA) is 29.5 Å². The first-order valence-corrected chi connectivity index (χ1v) is 7.20. The van der Waals surface area contributed by atoms with Crippen LogP contribution in [0.25, 0.3) is 0 Å². The molecule has 0 fully saturated rings. The van der Waals surface area contributed by atoms with Crippen molar-refractivity contribution in [1.29, 1.82) is 0 Å². The van der Waals surface area contributed by atoms with Crippen LogP contribution in [-0.4, -0.2) is 5.11 Å². The second kappa shape index (κ2) is 6.49. The van der Waals surface area contributed by atoms with E-state index in [9.17, 15) is 5.11 Å². The molecule has 20 heavy (non-hydrogen) atoms. The van der Waals surface area contributed by atoms with Crippen molar-refractivity contribution in [3.8, 4) is 11.5 Å². The Hall–Kier alpha value is -1.22. The highest BCUT2D eigenvalue weighted by Gasteiger charge is 2.08. The Morgan fingerprint density at radius 1 is 1.05 bits per heavy atom. The molecule has 1 atom stereocenters. The molecular formula is C16H16Cl2O2. The molecule has 2 aromatic rings. The number of aryl methyl sites for hydroxylation is 1. The third-order valence-corrected chi connectivity index (χ3v) is 3.75. The van der Waals surface area contributed by atoms with Gasteiger partial charge in [-0.15, -0.1) is 0 Å². The van der Waals surface area contributed by atoms with E-state index in [0.717, 1.165) is 17.0 Å². The first-order valence-electron chi connectivity index (χ1n) is 6.45. The largest absolute Gasteiger partial charge is 0.457 e. The lowest BCUT2D eigenvalue weighted by atomic mass is 10.1. The minimum Gasteiger partial charge on any atom is -0.457 e. The quantitative estimate of drug-likeness (QED) is 0.819. The number of aliphatic hydroxyl groups excluding tert-OH is 1. The van der Waals surface area contributed by atoms with Gasteiger partial charge in [0.15, 0.2) is 0 Å². The van der Waals surface area contributed by atoms with E-state index >= 15 is 0 Å². The van der Waals surface area contributed by atoms with Gasteiger partial charge in [0.05, 0.1) is 11.1 Å². The van der Waals surface area contributed by atoms with E-state index in [-0.39, 0.29) is 0 Å². The van der Waals surface area contributed by atoms with Gasteiger partial charge < -0.3 is 9.84 Å². The molecule has 0 heterocycles. The van der Waals surface area contributed by atoms with Gasteiger partial charge in [0.2, 0.25) is 0 Å². The molecule has 1 unspecified atom stereocenters. The van der Waals surface area contributed by atoms with Crippen molar-refractivity contribution >= 4 is 23.2 Å². The van der Waals surface area contributed by atoms with E-state index in [1.807, 2.05) is 25.1 Å². The van der Waals surface area contributed by atoms with Gasteiger partial charge in [0.1, 0.15) is 11.5 Å². The molecule has 0 spiro atoms. The van der Waals surface area contributed by atoms with Crippen molar-refractivity contribution in [2.24, 2.45) is 0 Å². The summed E-state index contributed by atoms with van der Waals surface area (Å²) in [6, 6.07) is 10.8. The highest BCUT2D eigenvalue weighted by molar-refractivity contribution is 6.31. The van der Waals surface area contributed by atoms with Gasteiger partial charge in [0.25, 0.3) is 0 Å². The molecule has 0 saturated heterocycles. The standard InChI is InChI=1S/C16H16Cl2O2/c1-3-11-8-12(5-7-15(11)17)20-13-4-6-14(10(2)19)16(18)9-13/h4-10,19H,3H2,1-2H3. The smallest absolute Gasteiger partial charge is 0.128 e. The molecule has 0 aliphatic heterocycles. The molecule has 1 N–H and O–H groups in total. The molecule has 0 bridgehead atoms. The fourth-order valence-corrected chi connectivity index (χ4v) is 2.51. The molecule has 2 rings (SSSR count). The lowest BCUT2D eigenvalue weighted by molar-refractivity contribution is 0.199. The van der Waals surface area contributed by atoms with E-state index in [1.54, 1.807) is 25.1 Å². The van der Waals surface area contributed by atoms with Gasteiger partial charge in [-0.05, 0) is 54.8 Å². The van der Waals surface area contributed by atoms with Gasteiger partial charge in [-0.25, -0.2) is 0 Å². The fourth-order valence-electron chi connectivity index (χ4n) is 1.93. The Bertz CT molecular complexity index is 609. The zero-order valence-corrected chi connectivity index (χ0v) is 12.9. The molecule has 0 aromatic heterocycles. The van der Waals surface area contributed by atoms with Crippen LogP contribution in [0.15, 0.2) is 36.4 Å². The molecule has 0 aliphatic carbocycles. The predicted molar refractivity (Wildman–Crippen MR) is 83.0 cm³/mol. The van der Waals surface area contributed by atoms with Crippen LogP contribution in [0.5, 0.6) is 11.5 Å². The lowest BCUT2D eigenvalue weighted by Crippen LogP contribution is -1.93. The monoisotopic (exact) mass is 310 g/mol. The van der Waals surface area contributed by atoms with Gasteiger partial charge in [0, 0.05) is 5.02 Å². The summed E-state index contributed by atoms with van der Waals surface area (Å²) in [5.74, 6) is 1.34. The zero-order valence-electron chi connectivity index (χ0n) is 11.4. The summed E-state index contributed by atoms with van der Waals surface area (Å²) in [7, 11) is 0. The second-order valence-electron chi connectivity index (χ2n) is 4.57. The lowest BCUT2D eigenvalue weighted by Gasteiger charge is -2.11. The number of rotatable bonds is 4. The van der Waals surface area contributed by atoms with Crippen molar-refractivity contribution in [3.63, 3.8) is 0 Å². The summed E-state index contributed by atoms with van der Waals surface area (Å²) >= 11 is 12.2. The van der Waals surface area contributed by atoms with Gasteiger partial charge in [-0.2, -0.15) is 0 Å². The average molecular weight is 311 g/mol. The van der Waals surface area contributed by atoms with Crippen LogP contribution < -0.4 is 4.74 Å². The first-order chi connectivity index (χ1) is 9.51. The zero-order chi connectivity index (χ0) is 14.7. The summed E-state index contributed by atoms with van der Waals surface area (Å²) in [4.78, 5) is 0. The summed E-state index contributed by atoms with van der Waals surface area (Å²) in [5, 5.41) is 10.8. The Morgan fingerprint density at radius 3 is 2.30 bits per heavy atom. The molecule has 4 heteroatoms. The maximum atomic E-state index is 9.54. The second-order valence-corrected chi connectivity index (χ2v) is 5.38. The van der Waals surface area contributed by atoms with E-state index in [2.05, 4.69) is 0 Å². The molecule has 0 aliphatic rings. The Morgan fingerprint density at radius 2 is 1.70 bits per heavy atom. The van der Waals surface area contributed by atoms with Crippen molar-refractivity contribution in [2.75, 3.05) is 0 Å². The van der Waals surface area contributed by atoms with Crippen LogP contribution in [0.4, 0.5) is 0 Å². The van der Waals surface area contributed by atoms with Crippen molar-refractivity contribution in [3.05, 3.63) is 57.6 Å². The van der Waals surface area contributed by atoms with Crippen LogP contribution in [-0.2, 0) is 6.42 Å². The van der Waals surface area contributed by atoms with Gasteiger partial charge >= 0.3 is 0 Å². The number of hydrogen-bond donors (Lipinski definition) is 1. The summed E-state index contributed by atoms with van der Waals surface area (Å²) in [6.07, 6.45) is 0.247. The van der Waals surface area contributed by atoms with Crippen LogP contribution in [0.1, 0.15) is 31.1 Å². The van der Waals surface area contributed by atoms with Crippen LogP contribution in [0.2, 0.25) is 10.0 Å². The molecule has 0 saturated carbocycles. The summed E-state index contributed by atoms with van der Waals surface area (Å²) in [6.45, 7) is 3.72. The van der Waals surface area contributed by atoms with Crippen molar-refractivity contribution in [1.82, 2.24) is 0 Å². The fraction of sp³-hybridized carbons (Fsp3) is 0.250. The molecule has 0 radical (unpaired) electrons. The number of benzene rings is 2. The number of halogens is 2. The van der Waals surface area contributed by atoms with E-state index in [0.29, 0.717) is 22.1 Å². The maximum Gasteiger partial charge on any atom is 0.128 e. The van der Waals surface area contributed by atoms with Crippen LogP contribution in [0, 0.1) is 0 Å². The number of ether oxygens (including phenoxy) is 1. The van der Waals surface area contributed by atoms with E-state index in [4.69, 9.17) is 27.9 Å². The number of hydrogen-bond acceptors (Lipinski definition) is 2. The highest BCUT2D eigenvalue weighted by atomic mass is 35.5. The Balaban J connectivity index is 2.24. The average Bonchev–Trinajstić information content (AvgIpc) is 2.40. The summed E-state index contributed by atoms with van der Waals surface area (Å²) in [5.41, 5.74) is 1.72. The molecule has 106 valence electrons. The van der Waals surface area contributed by atoms with E-state index < -0.39 is 6.10 Å². The highest BCUT2D eigenvalue weighted by Crippen LogP contribution is 2.31. The Kier molecular flexibility index (Phi) is 4.92. The van der Waals surface area contributed by atoms with Crippen LogP contribution >= 0.6 is 23.2 Å². The molecule has 2 aromatic carbocycles. The Labute approximate surface area is 128 Å². The third kappa shape index (κ3) is 3.45. The van der Waals surface area contributed by atoms with E-state index in [1.165, 1.54) is 0 Å². The van der Waals surface area contributed by atoms with Crippen molar-refractivity contribution < 1.29 is 9.84 Å². The minimum atomic E-state index is -0.598. The first kappa shape index (κ1) is 15.2. The molecule has 2 nitrogen and oxygen atoms in total. The van der Waals surface area contributed by atoms with Gasteiger partial charge in [-0.1, -0.05) is 36.2 Å². The van der Waals surface area contributed by atoms with Crippen LogP contribution in [0.3, 0.4) is 0 Å².